The van der Waals surface area contributed by atoms with Gasteiger partial charge in [-0.3, -0.25) is 0 Å². The van der Waals surface area contributed by atoms with Gasteiger partial charge in [-0.15, -0.1) is 0 Å². The normalized spacial score (nSPS) is 8.31. The number of nitrogens with zero attached hydrogens (tertiary/aromatic N) is 9. The first-order valence-electron chi connectivity index (χ1n) is 2.88. The SMILES string of the molecule is [N-]=[N+]=Nc1nc(N)nc(N=[N+]=[N-])n1. The summed E-state index contributed by atoms with van der Waals surface area (Å²) >= 11 is 0. The zero-order valence-corrected chi connectivity index (χ0v) is 6.10. The lowest BCUT2D eigenvalue weighted by atomic mass is 10.8. The standard InChI is InChI=1S/C3H2N10/c4-1-7-2(10-12-5)9-3(8-1)11-13-6/h(H2,4,7,8,9). The summed E-state index contributed by atoms with van der Waals surface area (Å²) in [6.07, 6.45) is 0. The van der Waals surface area contributed by atoms with E-state index in [-0.39, 0.29) is 17.8 Å². The van der Waals surface area contributed by atoms with Gasteiger partial charge in [0.15, 0.2) is 0 Å². The van der Waals surface area contributed by atoms with E-state index in [1.165, 1.54) is 0 Å². The Labute approximate surface area is 70.7 Å². The van der Waals surface area contributed by atoms with E-state index in [0.29, 0.717) is 0 Å². The van der Waals surface area contributed by atoms with Gasteiger partial charge in [-0.1, -0.05) is 0 Å². The van der Waals surface area contributed by atoms with Crippen molar-refractivity contribution >= 4 is 17.8 Å². The Bertz CT molecular complexity index is 372. The Morgan fingerprint density at radius 1 is 1.00 bits per heavy atom. The van der Waals surface area contributed by atoms with Gasteiger partial charge in [0, 0.05) is 9.82 Å². The number of nitrogens with two attached hydrogens (primary N) is 1. The quantitative estimate of drug-likeness (QED) is 0.410. The van der Waals surface area contributed by atoms with Crippen molar-refractivity contribution in [2.24, 2.45) is 10.2 Å². The summed E-state index contributed by atoms with van der Waals surface area (Å²) in [5, 5.41) is 6.13. The van der Waals surface area contributed by atoms with Crippen molar-refractivity contribution in [3.63, 3.8) is 0 Å². The van der Waals surface area contributed by atoms with Crippen LogP contribution in [0.25, 0.3) is 20.9 Å². The molecule has 0 atom stereocenters. The number of hydrogen-bond acceptors (Lipinski definition) is 6. The predicted octanol–water partition coefficient (Wildman–Crippen LogP) is 1.34. The first kappa shape index (κ1) is 8.53. The smallest absolute Gasteiger partial charge is 0.223 e. The maximum Gasteiger partial charge on any atom is 0.223 e. The molecule has 1 rings (SSSR count). The summed E-state index contributed by atoms with van der Waals surface area (Å²) in [5.74, 6) is -0.658. The number of nitrogen functional groups attached to an aromatic ring is 1. The maximum atomic E-state index is 8.05. The molecule has 0 saturated heterocycles. The van der Waals surface area contributed by atoms with Gasteiger partial charge in [-0.05, 0) is 21.3 Å². The number of anilines is 1. The van der Waals surface area contributed by atoms with E-state index in [1.54, 1.807) is 0 Å². The lowest BCUT2D eigenvalue weighted by Gasteiger charge is -1.93. The van der Waals surface area contributed by atoms with Crippen LogP contribution in [0, 0.1) is 0 Å². The summed E-state index contributed by atoms with van der Waals surface area (Å²) in [6.45, 7) is 0. The van der Waals surface area contributed by atoms with Crippen LogP contribution in [-0.4, -0.2) is 15.0 Å². The van der Waals surface area contributed by atoms with E-state index in [1.807, 2.05) is 0 Å². The van der Waals surface area contributed by atoms with Crippen LogP contribution in [0.15, 0.2) is 10.2 Å². The lowest BCUT2D eigenvalue weighted by Crippen LogP contribution is -1.95. The fourth-order valence-corrected chi connectivity index (χ4v) is 0.539. The molecule has 1 heterocycles. The number of aromatic nitrogens is 3. The van der Waals surface area contributed by atoms with Crippen LogP contribution in [0.2, 0.25) is 0 Å². The minimum atomic E-state index is -0.239. The van der Waals surface area contributed by atoms with E-state index in [4.69, 9.17) is 16.8 Å². The highest BCUT2D eigenvalue weighted by Crippen LogP contribution is 2.11. The maximum absolute atomic E-state index is 8.05. The van der Waals surface area contributed by atoms with Crippen LogP contribution < -0.4 is 5.73 Å². The second kappa shape index (κ2) is 3.72. The third-order valence-corrected chi connectivity index (χ3v) is 0.897. The molecule has 1 aromatic rings. The van der Waals surface area contributed by atoms with Crippen LogP contribution in [0.3, 0.4) is 0 Å². The number of azide groups is 2. The van der Waals surface area contributed by atoms with E-state index in [2.05, 4.69) is 35.0 Å². The number of hydrogen-bond donors (Lipinski definition) is 1. The first-order chi connectivity index (χ1) is 6.26. The summed E-state index contributed by atoms with van der Waals surface area (Å²) < 4.78 is 0. The van der Waals surface area contributed by atoms with E-state index in [0.717, 1.165) is 0 Å². The first-order valence-corrected chi connectivity index (χ1v) is 2.88. The van der Waals surface area contributed by atoms with Crippen molar-refractivity contribution in [2.45, 2.75) is 0 Å². The molecule has 0 radical (unpaired) electrons. The van der Waals surface area contributed by atoms with Gasteiger partial charge in [0.2, 0.25) is 17.8 Å². The van der Waals surface area contributed by atoms with Gasteiger partial charge in [-0.2, -0.15) is 9.97 Å². The molecule has 0 bridgehead atoms. The molecule has 0 aliphatic rings. The summed E-state index contributed by atoms with van der Waals surface area (Å²) in [4.78, 5) is 15.2. The topological polar surface area (TPSA) is 162 Å². The molecule has 0 amide bonds. The largest absolute Gasteiger partial charge is 0.368 e. The monoisotopic (exact) mass is 178 g/mol. The highest BCUT2D eigenvalue weighted by atomic mass is 15.3. The minimum Gasteiger partial charge on any atom is -0.368 e. The van der Waals surface area contributed by atoms with Gasteiger partial charge in [0.05, 0.1) is 0 Å². The molecule has 0 saturated carbocycles. The van der Waals surface area contributed by atoms with Gasteiger partial charge < -0.3 is 5.73 Å². The third-order valence-electron chi connectivity index (χ3n) is 0.897. The molecule has 0 unspecified atom stereocenters. The molecule has 0 fully saturated rings. The van der Waals surface area contributed by atoms with Gasteiger partial charge >= 0.3 is 0 Å². The van der Waals surface area contributed by atoms with Gasteiger partial charge in [0.1, 0.15) is 0 Å². The Morgan fingerprint density at radius 2 is 1.46 bits per heavy atom. The molecule has 64 valence electrons. The Balaban J connectivity index is 3.25. The van der Waals surface area contributed by atoms with Crippen molar-refractivity contribution in [2.75, 3.05) is 5.73 Å². The second-order valence-electron chi connectivity index (χ2n) is 1.67. The van der Waals surface area contributed by atoms with Crippen LogP contribution in [0.1, 0.15) is 0 Å². The van der Waals surface area contributed by atoms with Crippen molar-refractivity contribution < 1.29 is 0 Å². The Kier molecular flexibility index (Phi) is 2.44. The molecule has 0 aromatic carbocycles. The molecule has 0 spiro atoms. The molecule has 2 N–H and O–H groups in total. The molecule has 0 aliphatic heterocycles. The molecular formula is C3H2N10. The lowest BCUT2D eigenvalue weighted by molar-refractivity contribution is 1.03. The van der Waals surface area contributed by atoms with Gasteiger partial charge in [0.25, 0.3) is 0 Å². The van der Waals surface area contributed by atoms with Crippen molar-refractivity contribution in [3.05, 3.63) is 20.9 Å². The van der Waals surface area contributed by atoms with Crippen LogP contribution in [0.5, 0.6) is 0 Å². The minimum absolute atomic E-state index is 0.181. The molecule has 10 nitrogen and oxygen atoms in total. The summed E-state index contributed by atoms with van der Waals surface area (Å²) in [6, 6.07) is 0. The molecule has 13 heavy (non-hydrogen) atoms. The molecule has 0 aliphatic carbocycles. The van der Waals surface area contributed by atoms with E-state index >= 15 is 0 Å². The highest BCUT2D eigenvalue weighted by Gasteiger charge is 1.99. The van der Waals surface area contributed by atoms with Crippen LogP contribution in [-0.2, 0) is 0 Å². The average Bonchev–Trinajstić information content (AvgIpc) is 2.04. The zero-order chi connectivity index (χ0) is 9.68. The Morgan fingerprint density at radius 3 is 1.85 bits per heavy atom. The zero-order valence-electron chi connectivity index (χ0n) is 6.10. The van der Waals surface area contributed by atoms with Gasteiger partial charge in [-0.25, -0.2) is 4.98 Å². The fraction of sp³-hybridized carbons (Fsp3) is 0. The van der Waals surface area contributed by atoms with Crippen LogP contribution >= 0.6 is 0 Å². The van der Waals surface area contributed by atoms with E-state index < -0.39 is 0 Å². The molecule has 1 aromatic heterocycles. The summed E-state index contributed by atoms with van der Waals surface area (Å²) in [7, 11) is 0. The summed E-state index contributed by atoms with van der Waals surface area (Å²) in [5.41, 5.74) is 21.3. The third kappa shape index (κ3) is 2.19. The number of rotatable bonds is 2. The fourth-order valence-electron chi connectivity index (χ4n) is 0.539. The van der Waals surface area contributed by atoms with E-state index in [9.17, 15) is 0 Å². The highest BCUT2D eigenvalue weighted by molar-refractivity contribution is 5.32. The Hall–Kier alpha value is -2.57. The second-order valence-corrected chi connectivity index (χ2v) is 1.67. The predicted molar refractivity (Wildman–Crippen MR) is 41.9 cm³/mol. The van der Waals surface area contributed by atoms with Crippen molar-refractivity contribution in [3.8, 4) is 0 Å². The molecular weight excluding hydrogens is 176 g/mol. The van der Waals surface area contributed by atoms with Crippen molar-refractivity contribution in [1.29, 1.82) is 0 Å². The molecule has 10 heteroatoms. The van der Waals surface area contributed by atoms with Crippen LogP contribution in [0.4, 0.5) is 17.8 Å². The average molecular weight is 178 g/mol. The van der Waals surface area contributed by atoms with Crippen molar-refractivity contribution in [1.82, 2.24) is 15.0 Å².